The molecule has 0 aliphatic carbocycles. The normalized spacial score (nSPS) is 12.0. The van der Waals surface area contributed by atoms with Crippen LogP contribution in [-0.2, 0) is 0 Å². The van der Waals surface area contributed by atoms with Crippen LogP contribution in [0.15, 0.2) is 36.4 Å². The molecule has 0 amide bonds. The minimum absolute atomic E-state index is 0.380. The Kier molecular flexibility index (Phi) is 4.62. The third kappa shape index (κ3) is 3.24. The van der Waals surface area contributed by atoms with Crippen LogP contribution in [0.5, 0.6) is 11.5 Å². The number of nitrogens with one attached hydrogen (secondary N) is 1. The number of halogens is 1. The maximum Gasteiger partial charge on any atom is 0.123 e. The van der Waals surface area contributed by atoms with Crippen molar-refractivity contribution in [2.45, 2.75) is 6.04 Å². The number of anilines is 1. The van der Waals surface area contributed by atoms with Gasteiger partial charge in [-0.3, -0.25) is 5.84 Å². The second kappa shape index (κ2) is 6.43. The molecule has 2 rings (SSSR count). The van der Waals surface area contributed by atoms with Gasteiger partial charge in [0.2, 0.25) is 0 Å². The number of hydrogen-bond donors (Lipinski definition) is 3. The Balaban J connectivity index is 2.52. The predicted octanol–water partition coefficient (Wildman–Crippen LogP) is 1.98. The van der Waals surface area contributed by atoms with Crippen molar-refractivity contribution in [3.05, 3.63) is 53.3 Å². The van der Waals surface area contributed by atoms with Gasteiger partial charge in [0.05, 0.1) is 20.3 Å². The van der Waals surface area contributed by atoms with E-state index < -0.39 is 6.04 Å². The van der Waals surface area contributed by atoms with Gasteiger partial charge in [0.15, 0.2) is 0 Å². The maximum atomic E-state index is 13.5. The van der Waals surface area contributed by atoms with Gasteiger partial charge in [0.25, 0.3) is 0 Å². The van der Waals surface area contributed by atoms with Gasteiger partial charge >= 0.3 is 0 Å². The summed E-state index contributed by atoms with van der Waals surface area (Å²) in [6, 6.07) is 9.00. The summed E-state index contributed by atoms with van der Waals surface area (Å²) in [4.78, 5) is 0. The van der Waals surface area contributed by atoms with Crippen molar-refractivity contribution in [2.24, 2.45) is 5.84 Å². The molecule has 0 aliphatic rings. The second-order valence-electron chi connectivity index (χ2n) is 4.52. The molecule has 21 heavy (non-hydrogen) atoms. The van der Waals surface area contributed by atoms with Crippen molar-refractivity contribution in [1.29, 1.82) is 0 Å². The van der Waals surface area contributed by atoms with Crippen molar-refractivity contribution in [1.82, 2.24) is 5.43 Å². The van der Waals surface area contributed by atoms with Crippen LogP contribution in [0.1, 0.15) is 17.2 Å². The molecule has 1 unspecified atom stereocenters. The molecule has 1 atom stereocenters. The zero-order chi connectivity index (χ0) is 15.4. The zero-order valence-electron chi connectivity index (χ0n) is 11.9. The number of hydrazine groups is 1. The van der Waals surface area contributed by atoms with Crippen LogP contribution in [-0.4, -0.2) is 14.2 Å². The zero-order valence-corrected chi connectivity index (χ0v) is 11.9. The Bertz CT molecular complexity index is 612. The average Bonchev–Trinajstić information content (AvgIpc) is 2.51. The van der Waals surface area contributed by atoms with Crippen molar-refractivity contribution in [3.63, 3.8) is 0 Å². The number of nitrogen functional groups attached to an aromatic ring is 1. The Morgan fingerprint density at radius 2 is 1.67 bits per heavy atom. The lowest BCUT2D eigenvalue weighted by atomic mass is 9.97. The van der Waals surface area contributed by atoms with Gasteiger partial charge < -0.3 is 15.2 Å². The largest absolute Gasteiger partial charge is 0.497 e. The number of ether oxygens (including phenoxy) is 2. The van der Waals surface area contributed by atoms with E-state index in [1.807, 2.05) is 0 Å². The lowest BCUT2D eigenvalue weighted by Gasteiger charge is -2.20. The van der Waals surface area contributed by atoms with E-state index in [-0.39, 0.29) is 5.82 Å². The molecule has 0 saturated heterocycles. The highest BCUT2D eigenvalue weighted by atomic mass is 19.1. The smallest absolute Gasteiger partial charge is 0.123 e. The molecule has 0 fully saturated rings. The number of hydrogen-bond acceptors (Lipinski definition) is 5. The molecule has 0 saturated carbocycles. The molecule has 0 aromatic heterocycles. The monoisotopic (exact) mass is 291 g/mol. The lowest BCUT2D eigenvalue weighted by molar-refractivity contribution is 0.392. The first-order valence-corrected chi connectivity index (χ1v) is 6.33. The number of rotatable bonds is 5. The fourth-order valence-electron chi connectivity index (χ4n) is 2.16. The molecule has 0 aliphatic heterocycles. The molecule has 112 valence electrons. The molecule has 5 N–H and O–H groups in total. The topological polar surface area (TPSA) is 82.5 Å². The van der Waals surface area contributed by atoms with Crippen molar-refractivity contribution < 1.29 is 13.9 Å². The molecule has 0 bridgehead atoms. The average molecular weight is 291 g/mol. The third-order valence-electron chi connectivity index (χ3n) is 3.23. The van der Waals surface area contributed by atoms with E-state index in [0.29, 0.717) is 22.7 Å². The standard InChI is InChI=1S/C15H18FN3O2/c1-20-11-5-9(6-12(8-11)21-2)15(19-18)13-7-10(16)3-4-14(13)17/h3-8,15,19H,17-18H2,1-2H3. The van der Waals surface area contributed by atoms with Crippen molar-refractivity contribution in [2.75, 3.05) is 20.0 Å². The van der Waals surface area contributed by atoms with Gasteiger partial charge in [-0.1, -0.05) is 0 Å². The Morgan fingerprint density at radius 3 is 2.19 bits per heavy atom. The molecule has 0 spiro atoms. The summed E-state index contributed by atoms with van der Waals surface area (Å²) in [7, 11) is 3.11. The number of methoxy groups -OCH3 is 2. The number of benzene rings is 2. The first-order valence-electron chi connectivity index (χ1n) is 6.33. The highest BCUT2D eigenvalue weighted by molar-refractivity contribution is 5.53. The van der Waals surface area contributed by atoms with E-state index in [4.69, 9.17) is 21.1 Å². The molecule has 5 nitrogen and oxygen atoms in total. The summed E-state index contributed by atoms with van der Waals surface area (Å²) in [6.45, 7) is 0. The highest BCUT2D eigenvalue weighted by Gasteiger charge is 2.18. The lowest BCUT2D eigenvalue weighted by Crippen LogP contribution is -2.29. The maximum absolute atomic E-state index is 13.5. The van der Waals surface area contributed by atoms with Gasteiger partial charge in [0.1, 0.15) is 17.3 Å². The van der Waals surface area contributed by atoms with Crippen molar-refractivity contribution in [3.8, 4) is 11.5 Å². The summed E-state index contributed by atoms with van der Waals surface area (Å²) in [6.07, 6.45) is 0. The Morgan fingerprint density at radius 1 is 1.05 bits per heavy atom. The van der Waals surface area contributed by atoms with Gasteiger partial charge in [-0.25, -0.2) is 9.82 Å². The second-order valence-corrected chi connectivity index (χ2v) is 4.52. The summed E-state index contributed by atoms with van der Waals surface area (Å²) >= 11 is 0. The van der Waals surface area contributed by atoms with E-state index in [2.05, 4.69) is 5.43 Å². The molecule has 2 aromatic rings. The summed E-state index contributed by atoms with van der Waals surface area (Å²) in [5, 5.41) is 0. The van der Waals surface area contributed by atoms with Crippen LogP contribution in [0.3, 0.4) is 0 Å². The Labute approximate surface area is 122 Å². The van der Waals surface area contributed by atoms with Gasteiger partial charge in [-0.15, -0.1) is 0 Å². The molecule has 6 heteroatoms. The third-order valence-corrected chi connectivity index (χ3v) is 3.23. The van der Waals surface area contributed by atoms with Gasteiger partial charge in [-0.05, 0) is 35.9 Å². The summed E-state index contributed by atoms with van der Waals surface area (Å²) in [5.41, 5.74) is 10.3. The molecular weight excluding hydrogens is 273 g/mol. The van der Waals surface area contributed by atoms with Crippen LogP contribution >= 0.6 is 0 Å². The summed E-state index contributed by atoms with van der Waals surface area (Å²) < 4.78 is 23.9. The first-order chi connectivity index (χ1) is 10.1. The van der Waals surface area contributed by atoms with Crippen molar-refractivity contribution >= 4 is 5.69 Å². The van der Waals surface area contributed by atoms with E-state index >= 15 is 0 Å². The number of nitrogens with two attached hydrogens (primary N) is 2. The molecular formula is C15H18FN3O2. The van der Waals surface area contributed by atoms with E-state index in [1.54, 1.807) is 32.4 Å². The van der Waals surface area contributed by atoms with Crippen LogP contribution in [0.25, 0.3) is 0 Å². The van der Waals surface area contributed by atoms with Gasteiger partial charge in [0, 0.05) is 17.3 Å². The minimum Gasteiger partial charge on any atom is -0.497 e. The predicted molar refractivity (Wildman–Crippen MR) is 79.5 cm³/mol. The SMILES string of the molecule is COc1cc(OC)cc(C(NN)c2cc(F)ccc2N)c1. The van der Waals surface area contributed by atoms with E-state index in [0.717, 1.165) is 5.56 Å². The molecule has 2 aromatic carbocycles. The molecule has 0 radical (unpaired) electrons. The van der Waals surface area contributed by atoms with Crippen LogP contribution in [0, 0.1) is 5.82 Å². The first kappa shape index (κ1) is 15.1. The highest BCUT2D eigenvalue weighted by Crippen LogP contribution is 2.32. The summed E-state index contributed by atoms with van der Waals surface area (Å²) in [5.74, 6) is 6.47. The van der Waals surface area contributed by atoms with Gasteiger partial charge in [-0.2, -0.15) is 0 Å². The van der Waals surface area contributed by atoms with E-state index in [1.165, 1.54) is 18.2 Å². The fourth-order valence-corrected chi connectivity index (χ4v) is 2.16. The quantitative estimate of drug-likeness (QED) is 0.446. The van der Waals surface area contributed by atoms with Crippen LogP contribution < -0.4 is 26.5 Å². The molecule has 0 heterocycles. The Hall–Kier alpha value is -2.31. The van der Waals surface area contributed by atoms with Crippen LogP contribution in [0.2, 0.25) is 0 Å². The minimum atomic E-state index is -0.482. The van der Waals surface area contributed by atoms with E-state index in [9.17, 15) is 4.39 Å². The van der Waals surface area contributed by atoms with Crippen LogP contribution in [0.4, 0.5) is 10.1 Å². The fraction of sp³-hybridized carbons (Fsp3) is 0.200.